The van der Waals surface area contributed by atoms with Gasteiger partial charge < -0.3 is 30.1 Å². The van der Waals surface area contributed by atoms with E-state index in [2.05, 4.69) is 38.7 Å². The summed E-state index contributed by atoms with van der Waals surface area (Å²) in [6, 6.07) is 25.8. The molecular formula is C30H18BrNO5S. The largest absolute Gasteiger partial charge is 0.504 e. The van der Waals surface area contributed by atoms with Crippen LogP contribution in [0.3, 0.4) is 0 Å². The highest BCUT2D eigenvalue weighted by Gasteiger charge is 2.26. The molecule has 0 amide bonds. The Hall–Kier alpha value is -4.40. The maximum Gasteiger partial charge on any atom is 0.208 e. The van der Waals surface area contributed by atoms with Crippen molar-refractivity contribution in [1.82, 2.24) is 4.57 Å². The third kappa shape index (κ3) is 2.98. The second-order valence-corrected chi connectivity index (χ2v) is 11.0. The second kappa shape index (κ2) is 8.05. The van der Waals surface area contributed by atoms with E-state index >= 15 is 0 Å². The number of thiophene rings is 1. The van der Waals surface area contributed by atoms with Gasteiger partial charge in [0.25, 0.3) is 0 Å². The molecule has 2 heterocycles. The third-order valence-electron chi connectivity index (χ3n) is 7.00. The molecule has 5 aromatic carbocycles. The highest BCUT2D eigenvalue weighted by Crippen LogP contribution is 2.55. The van der Waals surface area contributed by atoms with Crippen LogP contribution in [0.2, 0.25) is 0 Å². The van der Waals surface area contributed by atoms with E-state index in [1.807, 2.05) is 48.5 Å². The highest BCUT2D eigenvalue weighted by atomic mass is 79.9. The van der Waals surface area contributed by atoms with Crippen molar-refractivity contribution in [3.63, 3.8) is 0 Å². The van der Waals surface area contributed by atoms with E-state index in [1.54, 1.807) is 23.5 Å². The first kappa shape index (κ1) is 22.8. The molecule has 2 aromatic heterocycles. The van der Waals surface area contributed by atoms with E-state index in [0.29, 0.717) is 5.56 Å². The average molecular weight is 584 g/mol. The monoisotopic (exact) mass is 583 g/mol. The van der Waals surface area contributed by atoms with Crippen molar-refractivity contribution in [2.45, 2.75) is 0 Å². The number of rotatable bonds is 2. The fraction of sp³-hybridized carbons (Fsp3) is 0. The zero-order chi connectivity index (χ0) is 26.3. The minimum Gasteiger partial charge on any atom is -0.504 e. The summed E-state index contributed by atoms with van der Waals surface area (Å²) in [7, 11) is 0. The van der Waals surface area contributed by atoms with Gasteiger partial charge in [0.05, 0.1) is 21.3 Å². The molecule has 0 aliphatic heterocycles. The number of benzene rings is 5. The van der Waals surface area contributed by atoms with Gasteiger partial charge in [-0.2, -0.15) is 0 Å². The molecule has 0 saturated carbocycles. The van der Waals surface area contributed by atoms with Gasteiger partial charge in [0.15, 0.2) is 11.5 Å². The first-order valence-corrected chi connectivity index (χ1v) is 13.3. The minimum atomic E-state index is -0.985. The van der Waals surface area contributed by atoms with E-state index in [4.69, 9.17) is 0 Å². The van der Waals surface area contributed by atoms with Crippen molar-refractivity contribution in [2.24, 2.45) is 0 Å². The first-order valence-electron chi connectivity index (χ1n) is 11.7. The van der Waals surface area contributed by atoms with Crippen LogP contribution in [-0.2, 0) is 0 Å². The zero-order valence-electron chi connectivity index (χ0n) is 19.5. The van der Waals surface area contributed by atoms with Gasteiger partial charge in [-0.25, -0.2) is 0 Å². The van der Waals surface area contributed by atoms with Gasteiger partial charge in [-0.3, -0.25) is 0 Å². The van der Waals surface area contributed by atoms with Gasteiger partial charge in [-0.15, -0.1) is 11.3 Å². The summed E-state index contributed by atoms with van der Waals surface area (Å²) in [6.45, 7) is 0. The maximum atomic E-state index is 10.6. The van der Waals surface area contributed by atoms with Gasteiger partial charge in [0.1, 0.15) is 0 Å². The molecule has 0 atom stereocenters. The fourth-order valence-electron chi connectivity index (χ4n) is 5.31. The number of aromatic hydroxyl groups is 5. The molecule has 0 fully saturated rings. The first-order chi connectivity index (χ1) is 18.4. The summed E-state index contributed by atoms with van der Waals surface area (Å²) in [4.78, 5) is 0. The Morgan fingerprint density at radius 1 is 0.632 bits per heavy atom. The topological polar surface area (TPSA) is 106 Å². The van der Waals surface area contributed by atoms with E-state index in [-0.39, 0.29) is 5.56 Å². The van der Waals surface area contributed by atoms with Crippen LogP contribution in [0.25, 0.3) is 58.8 Å². The van der Waals surface area contributed by atoms with Crippen LogP contribution in [0.1, 0.15) is 0 Å². The minimum absolute atomic E-state index is 0.179. The molecule has 0 spiro atoms. The van der Waals surface area contributed by atoms with Crippen molar-refractivity contribution >= 4 is 69.2 Å². The summed E-state index contributed by atoms with van der Waals surface area (Å²) in [6.07, 6.45) is 0. The van der Waals surface area contributed by atoms with Crippen LogP contribution in [0, 0.1) is 0 Å². The number of nitrogens with zero attached hydrogens (tertiary/aromatic N) is 1. The Labute approximate surface area is 227 Å². The standard InChI is InChI=1S/C30H18BrNO5S/c31-19-13-18-17-12-14(22-25(33)27(35)29(37)28(36)26(22)34)10-11-20(17)32(15-6-2-1-3-7-15)24(18)23-16-8-4-5-9-21(16)38-30(19)23/h1-13,33-37H. The van der Waals surface area contributed by atoms with Crippen molar-refractivity contribution < 1.29 is 25.5 Å². The summed E-state index contributed by atoms with van der Waals surface area (Å²) >= 11 is 5.51. The van der Waals surface area contributed by atoms with Crippen molar-refractivity contribution in [1.29, 1.82) is 0 Å². The van der Waals surface area contributed by atoms with E-state index < -0.39 is 28.7 Å². The summed E-state index contributed by atoms with van der Waals surface area (Å²) in [5, 5.41) is 55.4. The lowest BCUT2D eigenvalue weighted by Crippen LogP contribution is -1.94. The van der Waals surface area contributed by atoms with Crippen LogP contribution in [0.5, 0.6) is 28.7 Å². The van der Waals surface area contributed by atoms with Crippen molar-refractivity contribution in [3.05, 3.63) is 83.3 Å². The van der Waals surface area contributed by atoms with Gasteiger partial charge in [0, 0.05) is 36.4 Å². The predicted molar refractivity (Wildman–Crippen MR) is 155 cm³/mol. The molecule has 0 unspecified atom stereocenters. The SMILES string of the molecule is Oc1c(O)c(O)c(-c2ccc3c(c2)c2cc(Br)c4sc5ccccc5c4c2n3-c2ccccc2)c(O)c1O. The molecule has 0 saturated heterocycles. The Morgan fingerprint density at radius 2 is 1.29 bits per heavy atom. The Morgan fingerprint density at radius 3 is 2.03 bits per heavy atom. The molecule has 7 aromatic rings. The third-order valence-corrected chi connectivity index (χ3v) is 9.09. The fourth-order valence-corrected chi connectivity index (χ4v) is 7.09. The molecule has 186 valence electrons. The van der Waals surface area contributed by atoms with Crippen LogP contribution in [0.4, 0.5) is 0 Å². The normalized spacial score (nSPS) is 11.8. The van der Waals surface area contributed by atoms with E-state index in [9.17, 15) is 25.5 Å². The van der Waals surface area contributed by atoms with Crippen molar-refractivity contribution in [2.75, 3.05) is 0 Å². The lowest BCUT2D eigenvalue weighted by atomic mass is 9.99. The summed E-state index contributed by atoms with van der Waals surface area (Å²) in [5.41, 5.74) is 3.07. The average Bonchev–Trinajstić information content (AvgIpc) is 3.48. The lowest BCUT2D eigenvalue weighted by molar-refractivity contribution is 0.330. The molecule has 7 rings (SSSR count). The van der Waals surface area contributed by atoms with Gasteiger partial charge >= 0.3 is 0 Å². The maximum absolute atomic E-state index is 10.6. The molecular weight excluding hydrogens is 566 g/mol. The van der Waals surface area contributed by atoms with Crippen LogP contribution in [-0.4, -0.2) is 30.1 Å². The number of phenols is 5. The molecule has 8 heteroatoms. The summed E-state index contributed by atoms with van der Waals surface area (Å²) in [5.74, 6) is -4.25. The second-order valence-electron chi connectivity index (χ2n) is 9.08. The van der Waals surface area contributed by atoms with Crippen LogP contribution >= 0.6 is 27.3 Å². The Kier molecular flexibility index (Phi) is 4.82. The Balaban J connectivity index is 1.68. The highest BCUT2D eigenvalue weighted by molar-refractivity contribution is 9.10. The quantitative estimate of drug-likeness (QED) is 0.104. The smallest absolute Gasteiger partial charge is 0.208 e. The Bertz CT molecular complexity index is 2070. The van der Waals surface area contributed by atoms with E-state index in [0.717, 1.165) is 47.4 Å². The number of halogens is 1. The molecule has 0 bridgehead atoms. The molecule has 0 aliphatic carbocycles. The van der Waals surface area contributed by atoms with Crippen molar-refractivity contribution in [3.8, 4) is 45.6 Å². The number of para-hydroxylation sites is 1. The zero-order valence-corrected chi connectivity index (χ0v) is 21.9. The summed E-state index contributed by atoms with van der Waals surface area (Å²) < 4.78 is 5.45. The van der Waals surface area contributed by atoms with Crippen LogP contribution in [0.15, 0.2) is 83.3 Å². The van der Waals surface area contributed by atoms with E-state index in [1.165, 1.54) is 4.70 Å². The lowest BCUT2D eigenvalue weighted by Gasteiger charge is -2.13. The molecule has 38 heavy (non-hydrogen) atoms. The number of phenolic OH excluding ortho intramolecular Hbond substituents is 5. The molecule has 0 aliphatic rings. The predicted octanol–water partition coefficient (Wildman–Crippen LogP) is 8.11. The molecule has 5 N–H and O–H groups in total. The molecule has 0 radical (unpaired) electrons. The van der Waals surface area contributed by atoms with Gasteiger partial charge in [-0.05, 0) is 57.9 Å². The van der Waals surface area contributed by atoms with Gasteiger partial charge in [-0.1, -0.05) is 42.5 Å². The number of hydrogen-bond donors (Lipinski definition) is 5. The number of aromatic nitrogens is 1. The number of fused-ring (bicyclic) bond motifs is 7. The van der Waals surface area contributed by atoms with Crippen LogP contribution < -0.4 is 0 Å². The van der Waals surface area contributed by atoms with Gasteiger partial charge in [0.2, 0.25) is 17.2 Å². The number of hydrogen-bond acceptors (Lipinski definition) is 6. The molecule has 6 nitrogen and oxygen atoms in total.